The number of rotatable bonds is 2. The van der Waals surface area contributed by atoms with Crippen LogP contribution in [-0.2, 0) is 0 Å². The third-order valence-corrected chi connectivity index (χ3v) is 4.82. The highest BCUT2D eigenvalue weighted by Crippen LogP contribution is 2.27. The summed E-state index contributed by atoms with van der Waals surface area (Å²) in [7, 11) is 0. The van der Waals surface area contributed by atoms with E-state index in [1.165, 1.54) is 0 Å². The highest BCUT2D eigenvalue weighted by molar-refractivity contribution is 8.00. The van der Waals surface area contributed by atoms with E-state index >= 15 is 0 Å². The van der Waals surface area contributed by atoms with Gasteiger partial charge in [-0.25, -0.2) is 4.98 Å². The van der Waals surface area contributed by atoms with Gasteiger partial charge in [0.2, 0.25) is 0 Å². The lowest BCUT2D eigenvalue weighted by Crippen LogP contribution is -2.37. The summed E-state index contributed by atoms with van der Waals surface area (Å²) in [4.78, 5) is 18.9. The molecule has 1 aliphatic rings. The molecule has 17 heavy (non-hydrogen) atoms. The second kappa shape index (κ2) is 4.34. The fraction of sp³-hybridized carbons (Fsp3) is 0.455. The molecule has 2 aromatic rings. The summed E-state index contributed by atoms with van der Waals surface area (Å²) in [5, 5.41) is 2.55. The second-order valence-corrected chi connectivity index (χ2v) is 6.54. The first-order valence-electron chi connectivity index (χ1n) is 5.57. The summed E-state index contributed by atoms with van der Waals surface area (Å²) in [5.41, 5.74) is 0.681. The molecule has 1 fully saturated rings. The molecule has 4 nitrogen and oxygen atoms in total. The van der Waals surface area contributed by atoms with Gasteiger partial charge in [0, 0.05) is 35.7 Å². The normalized spacial score (nSPS) is 21.0. The maximum absolute atomic E-state index is 11.2. The van der Waals surface area contributed by atoms with Crippen LogP contribution >= 0.6 is 23.1 Å². The number of carbonyl (C=O) groups is 1. The summed E-state index contributed by atoms with van der Waals surface area (Å²) < 4.78 is 1.87. The molecule has 0 bridgehead atoms. The molecule has 90 valence electrons. The van der Waals surface area contributed by atoms with E-state index in [1.807, 2.05) is 27.7 Å². The molecule has 1 unspecified atom stereocenters. The molecule has 6 heteroatoms. The van der Waals surface area contributed by atoms with Crippen molar-refractivity contribution in [3.63, 3.8) is 0 Å². The van der Waals surface area contributed by atoms with Crippen LogP contribution in [0.2, 0.25) is 0 Å². The van der Waals surface area contributed by atoms with Crippen LogP contribution in [0.3, 0.4) is 0 Å². The number of thioether (sulfide) groups is 1. The first-order valence-corrected chi connectivity index (χ1v) is 7.49. The smallest absolute Gasteiger partial charge is 0.196 e. The monoisotopic (exact) mass is 267 g/mol. The van der Waals surface area contributed by atoms with Crippen molar-refractivity contribution in [3.8, 4) is 0 Å². The molecular formula is C11H13N3OS2. The molecule has 0 amide bonds. The lowest BCUT2D eigenvalue weighted by Gasteiger charge is -2.30. The molecular weight excluding hydrogens is 254 g/mol. The van der Waals surface area contributed by atoms with Gasteiger partial charge in [-0.3, -0.25) is 9.20 Å². The number of fused-ring (bicyclic) bond motifs is 1. The zero-order valence-corrected chi connectivity index (χ0v) is 11.1. The average molecular weight is 267 g/mol. The van der Waals surface area contributed by atoms with Gasteiger partial charge in [0.05, 0.1) is 0 Å². The number of thiazole rings is 1. The molecule has 1 atom stereocenters. The van der Waals surface area contributed by atoms with E-state index in [-0.39, 0.29) is 0 Å². The quantitative estimate of drug-likeness (QED) is 0.781. The maximum Gasteiger partial charge on any atom is 0.196 e. The summed E-state index contributed by atoms with van der Waals surface area (Å²) in [6.45, 7) is 4.16. The summed E-state index contributed by atoms with van der Waals surface area (Å²) in [6, 6.07) is 0. The minimum absolute atomic E-state index is 0.600. The van der Waals surface area contributed by atoms with Crippen molar-refractivity contribution < 1.29 is 4.79 Å². The van der Waals surface area contributed by atoms with Gasteiger partial charge in [0.1, 0.15) is 5.69 Å². The van der Waals surface area contributed by atoms with Crippen molar-refractivity contribution in [2.24, 2.45) is 0 Å². The molecule has 1 saturated heterocycles. The zero-order valence-electron chi connectivity index (χ0n) is 9.50. The molecule has 3 rings (SSSR count). The van der Waals surface area contributed by atoms with E-state index in [2.05, 4.69) is 16.8 Å². The fourth-order valence-corrected chi connectivity index (χ4v) is 3.87. The molecule has 0 aromatic carbocycles. The van der Waals surface area contributed by atoms with E-state index in [4.69, 9.17) is 0 Å². The Morgan fingerprint density at radius 2 is 2.47 bits per heavy atom. The largest absolute Gasteiger partial charge is 0.353 e. The number of aldehydes is 1. The third kappa shape index (κ3) is 1.85. The number of carbonyl (C=O) groups excluding carboxylic acids is 1. The first-order chi connectivity index (χ1) is 8.29. The third-order valence-electron chi connectivity index (χ3n) is 2.93. The fourth-order valence-electron chi connectivity index (χ4n) is 2.14. The predicted molar refractivity (Wildman–Crippen MR) is 72.6 cm³/mol. The summed E-state index contributed by atoms with van der Waals surface area (Å²) in [5.74, 6) is 1.95. The van der Waals surface area contributed by atoms with Crippen LogP contribution in [0.4, 0.5) is 5.82 Å². The molecule has 0 aliphatic carbocycles. The van der Waals surface area contributed by atoms with Crippen LogP contribution in [0.15, 0.2) is 11.6 Å². The minimum Gasteiger partial charge on any atom is -0.353 e. The number of hydrogen-bond donors (Lipinski definition) is 0. The lowest BCUT2D eigenvalue weighted by molar-refractivity contribution is 0.111. The average Bonchev–Trinajstić information content (AvgIpc) is 2.88. The van der Waals surface area contributed by atoms with E-state index in [0.29, 0.717) is 10.9 Å². The van der Waals surface area contributed by atoms with Gasteiger partial charge in [-0.2, -0.15) is 11.8 Å². The molecule has 2 aromatic heterocycles. The van der Waals surface area contributed by atoms with Crippen molar-refractivity contribution in [2.75, 3.05) is 23.7 Å². The Morgan fingerprint density at radius 3 is 3.24 bits per heavy atom. The van der Waals surface area contributed by atoms with Crippen molar-refractivity contribution in [2.45, 2.75) is 12.2 Å². The Labute approximate surface area is 108 Å². The van der Waals surface area contributed by atoms with E-state index in [9.17, 15) is 4.79 Å². The van der Waals surface area contributed by atoms with Crippen molar-refractivity contribution >= 4 is 40.2 Å². The number of anilines is 1. The Hall–Kier alpha value is -1.01. The second-order valence-electron chi connectivity index (χ2n) is 4.12. The van der Waals surface area contributed by atoms with Crippen LogP contribution < -0.4 is 4.90 Å². The van der Waals surface area contributed by atoms with Gasteiger partial charge < -0.3 is 4.90 Å². The van der Waals surface area contributed by atoms with Crippen LogP contribution in [0, 0.1) is 0 Å². The molecule has 1 aliphatic heterocycles. The summed E-state index contributed by atoms with van der Waals surface area (Å²) >= 11 is 3.54. The lowest BCUT2D eigenvalue weighted by atomic mass is 10.3. The molecule has 0 radical (unpaired) electrons. The Balaban J connectivity index is 2.03. The van der Waals surface area contributed by atoms with Gasteiger partial charge in [0.15, 0.2) is 17.1 Å². The maximum atomic E-state index is 11.2. The number of nitrogens with zero attached hydrogens (tertiary/aromatic N) is 3. The van der Waals surface area contributed by atoms with E-state index in [0.717, 1.165) is 35.9 Å². The predicted octanol–water partition coefficient (Wildman–Crippen LogP) is 2.15. The number of aromatic nitrogens is 2. The Bertz CT molecular complexity index is 548. The van der Waals surface area contributed by atoms with Crippen LogP contribution in [0.25, 0.3) is 4.96 Å². The van der Waals surface area contributed by atoms with Crippen molar-refractivity contribution in [3.05, 3.63) is 17.3 Å². The minimum atomic E-state index is 0.600. The van der Waals surface area contributed by atoms with Crippen molar-refractivity contribution in [1.29, 1.82) is 0 Å². The standard InChI is InChI=1S/C11H13N3OS2/c1-8-6-13(2-4-16-8)10-9(7-15)14-3-5-17-11(14)12-10/h3,5,7-8H,2,4,6H2,1H3. The highest BCUT2D eigenvalue weighted by Gasteiger charge is 2.23. The van der Waals surface area contributed by atoms with Crippen LogP contribution in [0.1, 0.15) is 17.4 Å². The van der Waals surface area contributed by atoms with Gasteiger partial charge in [-0.05, 0) is 0 Å². The first kappa shape index (κ1) is 11.1. The topological polar surface area (TPSA) is 37.6 Å². The van der Waals surface area contributed by atoms with Crippen molar-refractivity contribution in [1.82, 2.24) is 9.38 Å². The zero-order chi connectivity index (χ0) is 11.8. The molecule has 0 saturated carbocycles. The van der Waals surface area contributed by atoms with E-state index in [1.54, 1.807) is 11.3 Å². The molecule has 0 N–H and O–H groups in total. The molecule has 3 heterocycles. The SMILES string of the molecule is CC1CN(c2nc3sccn3c2C=O)CCS1. The van der Waals surface area contributed by atoms with E-state index < -0.39 is 0 Å². The highest BCUT2D eigenvalue weighted by atomic mass is 32.2. The van der Waals surface area contributed by atoms with Gasteiger partial charge in [-0.1, -0.05) is 6.92 Å². The van der Waals surface area contributed by atoms with Gasteiger partial charge in [-0.15, -0.1) is 11.3 Å². The Morgan fingerprint density at radius 1 is 1.59 bits per heavy atom. The van der Waals surface area contributed by atoms with Gasteiger partial charge in [0.25, 0.3) is 0 Å². The van der Waals surface area contributed by atoms with Gasteiger partial charge >= 0.3 is 0 Å². The van der Waals surface area contributed by atoms with Crippen LogP contribution in [0.5, 0.6) is 0 Å². The Kier molecular flexibility index (Phi) is 2.84. The summed E-state index contributed by atoms with van der Waals surface area (Å²) in [6.07, 6.45) is 2.82. The van der Waals surface area contributed by atoms with Crippen LogP contribution in [-0.4, -0.2) is 39.8 Å². The number of hydrogen-bond acceptors (Lipinski definition) is 5. The number of imidazole rings is 1. The molecule has 0 spiro atoms.